The number of rotatable bonds is 4. The van der Waals surface area contributed by atoms with Gasteiger partial charge in [0.05, 0.1) is 16.3 Å². The summed E-state index contributed by atoms with van der Waals surface area (Å²) in [7, 11) is -1.68. The van der Waals surface area contributed by atoms with Crippen molar-refractivity contribution in [2.75, 3.05) is 13.3 Å². The topological polar surface area (TPSA) is 84.7 Å². The van der Waals surface area contributed by atoms with Gasteiger partial charge in [-0.2, -0.15) is 0 Å². The van der Waals surface area contributed by atoms with Crippen LogP contribution in [0.1, 0.15) is 29.1 Å². The van der Waals surface area contributed by atoms with Crippen molar-refractivity contribution >= 4 is 26.7 Å². The molecule has 3 aromatic rings. The molecule has 0 saturated carbocycles. The smallest absolute Gasteiger partial charge is 0.289 e. The molecule has 0 aliphatic rings. The molecule has 0 saturated heterocycles. The van der Waals surface area contributed by atoms with Crippen LogP contribution in [0.3, 0.4) is 0 Å². The Morgan fingerprint density at radius 3 is 2.33 bits per heavy atom. The lowest BCUT2D eigenvalue weighted by Gasteiger charge is -2.25. The van der Waals surface area contributed by atoms with Gasteiger partial charge in [-0.15, -0.1) is 0 Å². The molecule has 0 aliphatic carbocycles. The minimum absolute atomic E-state index is 0.0409. The van der Waals surface area contributed by atoms with E-state index in [9.17, 15) is 18.0 Å². The molecule has 0 spiro atoms. The fourth-order valence-corrected chi connectivity index (χ4v) is 3.41. The average molecular weight is 385 g/mol. The monoisotopic (exact) mass is 385 g/mol. The van der Waals surface area contributed by atoms with Crippen LogP contribution in [0.4, 0.5) is 0 Å². The lowest BCUT2D eigenvalue weighted by Crippen LogP contribution is -2.30. The molecule has 1 atom stereocenters. The van der Waals surface area contributed by atoms with Crippen LogP contribution in [0.15, 0.2) is 68.7 Å². The number of nitrogens with zero attached hydrogens (tertiary/aromatic N) is 1. The summed E-state index contributed by atoms with van der Waals surface area (Å²) in [5, 5.41) is 0.418. The number of para-hydroxylation sites is 1. The van der Waals surface area contributed by atoms with E-state index >= 15 is 0 Å². The van der Waals surface area contributed by atoms with Crippen LogP contribution < -0.4 is 5.43 Å². The Balaban J connectivity index is 1.90. The summed E-state index contributed by atoms with van der Waals surface area (Å²) >= 11 is 0. The molecule has 27 heavy (non-hydrogen) atoms. The highest BCUT2D eigenvalue weighted by molar-refractivity contribution is 7.90. The van der Waals surface area contributed by atoms with Crippen LogP contribution in [0.2, 0.25) is 0 Å². The third-order valence-electron chi connectivity index (χ3n) is 4.54. The number of benzene rings is 2. The maximum Gasteiger partial charge on any atom is 0.289 e. The van der Waals surface area contributed by atoms with Crippen LogP contribution in [0.5, 0.6) is 0 Å². The fourth-order valence-electron chi connectivity index (χ4n) is 2.78. The maximum atomic E-state index is 12.8. The zero-order valence-electron chi connectivity index (χ0n) is 15.2. The standard InChI is InChI=1S/C20H19NO5S/c1-13(14-8-10-15(11-9-14)27(3,24)25)21(2)20(23)19-12-17(22)16-6-4-5-7-18(16)26-19/h4-13H,1-3H3/t13-/m1/s1. The van der Waals surface area contributed by atoms with E-state index in [1.165, 1.54) is 23.1 Å². The summed E-state index contributed by atoms with van der Waals surface area (Å²) in [5.74, 6) is -0.474. The van der Waals surface area contributed by atoms with Gasteiger partial charge in [-0.3, -0.25) is 9.59 Å². The SMILES string of the molecule is C[C@H](c1ccc(S(C)(=O)=O)cc1)N(C)C(=O)c1cc(=O)c2ccccc2o1. The van der Waals surface area contributed by atoms with Crippen LogP contribution >= 0.6 is 0 Å². The Bertz CT molecular complexity index is 1160. The summed E-state index contributed by atoms with van der Waals surface area (Å²) in [4.78, 5) is 26.7. The maximum absolute atomic E-state index is 12.8. The molecular formula is C20H19NO5S. The van der Waals surface area contributed by atoms with Gasteiger partial charge in [-0.05, 0) is 36.8 Å². The first-order valence-electron chi connectivity index (χ1n) is 8.28. The number of carbonyl (C=O) groups excluding carboxylic acids is 1. The van der Waals surface area contributed by atoms with Crippen molar-refractivity contribution in [2.45, 2.75) is 17.9 Å². The number of sulfone groups is 1. The molecule has 1 heterocycles. The zero-order valence-corrected chi connectivity index (χ0v) is 16.0. The minimum atomic E-state index is -3.28. The Kier molecular flexibility index (Phi) is 4.89. The molecule has 3 rings (SSSR count). The molecular weight excluding hydrogens is 366 g/mol. The zero-order chi connectivity index (χ0) is 19.8. The van der Waals surface area contributed by atoms with Gasteiger partial charge in [0.2, 0.25) is 0 Å². The van der Waals surface area contributed by atoms with Crippen molar-refractivity contribution in [3.8, 4) is 0 Å². The van der Waals surface area contributed by atoms with E-state index < -0.39 is 15.7 Å². The molecule has 6 nitrogen and oxygen atoms in total. The summed E-state index contributed by atoms with van der Waals surface area (Å²) in [5.41, 5.74) is 0.840. The highest BCUT2D eigenvalue weighted by Crippen LogP contribution is 2.23. The lowest BCUT2D eigenvalue weighted by molar-refractivity contribution is 0.0711. The summed E-state index contributed by atoms with van der Waals surface area (Å²) in [6, 6.07) is 14.0. The van der Waals surface area contributed by atoms with Crippen molar-refractivity contribution in [1.29, 1.82) is 0 Å². The predicted molar refractivity (Wildman–Crippen MR) is 103 cm³/mol. The van der Waals surface area contributed by atoms with E-state index in [0.29, 0.717) is 11.0 Å². The van der Waals surface area contributed by atoms with Crippen molar-refractivity contribution in [1.82, 2.24) is 4.90 Å². The highest BCUT2D eigenvalue weighted by Gasteiger charge is 2.22. The molecule has 140 valence electrons. The number of amides is 1. The Hall–Kier alpha value is -2.93. The number of hydrogen-bond acceptors (Lipinski definition) is 5. The van der Waals surface area contributed by atoms with Gasteiger partial charge in [-0.25, -0.2) is 8.42 Å². The van der Waals surface area contributed by atoms with E-state index in [1.807, 2.05) is 6.92 Å². The quantitative estimate of drug-likeness (QED) is 0.689. The van der Waals surface area contributed by atoms with E-state index in [1.54, 1.807) is 43.4 Å². The first kappa shape index (κ1) is 18.8. The first-order chi connectivity index (χ1) is 12.7. The van der Waals surface area contributed by atoms with Crippen molar-refractivity contribution in [3.63, 3.8) is 0 Å². The van der Waals surface area contributed by atoms with Crippen molar-refractivity contribution < 1.29 is 17.6 Å². The van der Waals surface area contributed by atoms with E-state index in [2.05, 4.69) is 0 Å². The highest BCUT2D eigenvalue weighted by atomic mass is 32.2. The average Bonchev–Trinajstić information content (AvgIpc) is 2.65. The van der Waals surface area contributed by atoms with Gasteiger partial charge in [0.1, 0.15) is 5.58 Å². The molecule has 0 bridgehead atoms. The second-order valence-electron chi connectivity index (χ2n) is 6.40. The molecule has 0 fully saturated rings. The second kappa shape index (κ2) is 7.00. The van der Waals surface area contributed by atoms with Crippen molar-refractivity contribution in [3.05, 3.63) is 76.1 Å². The second-order valence-corrected chi connectivity index (χ2v) is 8.42. The van der Waals surface area contributed by atoms with Gasteiger partial charge in [-0.1, -0.05) is 24.3 Å². The van der Waals surface area contributed by atoms with Gasteiger partial charge in [0.15, 0.2) is 21.0 Å². The Morgan fingerprint density at radius 2 is 1.70 bits per heavy atom. The van der Waals surface area contributed by atoms with E-state index in [0.717, 1.165) is 11.8 Å². The summed E-state index contributed by atoms with van der Waals surface area (Å²) < 4.78 is 28.8. The summed E-state index contributed by atoms with van der Waals surface area (Å²) in [6.45, 7) is 1.81. The molecule has 1 amide bonds. The van der Waals surface area contributed by atoms with Gasteiger partial charge < -0.3 is 9.32 Å². The van der Waals surface area contributed by atoms with Crippen LogP contribution in [-0.4, -0.2) is 32.5 Å². The number of hydrogen-bond donors (Lipinski definition) is 0. The fraction of sp³-hybridized carbons (Fsp3) is 0.200. The minimum Gasteiger partial charge on any atom is -0.451 e. The van der Waals surface area contributed by atoms with E-state index in [-0.39, 0.29) is 22.1 Å². The van der Waals surface area contributed by atoms with Gasteiger partial charge >= 0.3 is 0 Å². The molecule has 0 unspecified atom stereocenters. The predicted octanol–water partition coefficient (Wildman–Crippen LogP) is 3.03. The largest absolute Gasteiger partial charge is 0.451 e. The number of fused-ring (bicyclic) bond motifs is 1. The molecule has 0 radical (unpaired) electrons. The lowest BCUT2D eigenvalue weighted by atomic mass is 10.1. The summed E-state index contributed by atoms with van der Waals surface area (Å²) in [6.07, 6.45) is 1.14. The van der Waals surface area contributed by atoms with Crippen molar-refractivity contribution in [2.24, 2.45) is 0 Å². The number of carbonyl (C=O) groups is 1. The molecule has 0 aliphatic heterocycles. The Morgan fingerprint density at radius 1 is 1.07 bits per heavy atom. The molecule has 0 N–H and O–H groups in total. The van der Waals surface area contributed by atoms with Crippen LogP contribution in [0.25, 0.3) is 11.0 Å². The third-order valence-corrected chi connectivity index (χ3v) is 5.67. The molecule has 1 aromatic heterocycles. The van der Waals surface area contributed by atoms with Gasteiger partial charge in [0.25, 0.3) is 5.91 Å². The normalized spacial score (nSPS) is 12.7. The van der Waals surface area contributed by atoms with E-state index in [4.69, 9.17) is 4.42 Å². The first-order valence-corrected chi connectivity index (χ1v) is 10.2. The Labute approximate surface area is 157 Å². The third kappa shape index (κ3) is 3.78. The molecule has 2 aromatic carbocycles. The van der Waals surface area contributed by atoms with Crippen LogP contribution in [-0.2, 0) is 9.84 Å². The van der Waals surface area contributed by atoms with Crippen LogP contribution in [0, 0.1) is 0 Å². The molecule has 7 heteroatoms. The van der Waals surface area contributed by atoms with Gasteiger partial charge in [0, 0.05) is 19.4 Å².